The molecule has 1 aromatic heterocycles. The predicted octanol–water partition coefficient (Wildman–Crippen LogP) is 3.51. The number of hydrogen-bond acceptors (Lipinski definition) is 4. The summed E-state index contributed by atoms with van der Waals surface area (Å²) >= 11 is 1.63. The second kappa shape index (κ2) is 6.42. The van der Waals surface area contributed by atoms with Crippen LogP contribution >= 0.6 is 11.3 Å². The Morgan fingerprint density at radius 1 is 1.26 bits per heavy atom. The third-order valence-corrected chi connectivity index (χ3v) is 5.66. The fourth-order valence-electron chi connectivity index (χ4n) is 3.15. The molecule has 1 atom stereocenters. The molecule has 4 nitrogen and oxygen atoms in total. The highest BCUT2D eigenvalue weighted by atomic mass is 32.1. The van der Waals surface area contributed by atoms with E-state index >= 15 is 0 Å². The van der Waals surface area contributed by atoms with Crippen molar-refractivity contribution in [3.63, 3.8) is 0 Å². The maximum Gasteiger partial charge on any atom is 0.226 e. The number of carbonyl (C=O) groups excluding carboxylic acids is 1. The first-order chi connectivity index (χ1) is 11.3. The second-order valence-corrected chi connectivity index (χ2v) is 7.05. The molecule has 1 saturated heterocycles. The maximum atomic E-state index is 12.7. The van der Waals surface area contributed by atoms with Crippen molar-refractivity contribution in [1.29, 1.82) is 0 Å². The molecule has 1 saturated carbocycles. The number of thiazole rings is 1. The summed E-state index contributed by atoms with van der Waals surface area (Å²) in [5.74, 6) is 0.515. The first kappa shape index (κ1) is 14.8. The molecular formula is C18H20N2O2S. The van der Waals surface area contributed by atoms with Gasteiger partial charge in [0.2, 0.25) is 5.91 Å². The van der Waals surface area contributed by atoms with Gasteiger partial charge in [-0.3, -0.25) is 4.79 Å². The van der Waals surface area contributed by atoms with E-state index in [0.717, 1.165) is 29.1 Å². The molecule has 0 radical (unpaired) electrons. The van der Waals surface area contributed by atoms with Crippen molar-refractivity contribution in [2.45, 2.75) is 25.3 Å². The van der Waals surface area contributed by atoms with E-state index < -0.39 is 0 Å². The number of nitrogens with zero attached hydrogens (tertiary/aromatic N) is 2. The molecule has 1 unspecified atom stereocenters. The quantitative estimate of drug-likeness (QED) is 0.866. The van der Waals surface area contributed by atoms with Gasteiger partial charge in [-0.05, 0) is 12.8 Å². The minimum atomic E-state index is -0.0365. The van der Waals surface area contributed by atoms with Gasteiger partial charge >= 0.3 is 0 Å². The molecule has 0 N–H and O–H groups in total. The summed E-state index contributed by atoms with van der Waals surface area (Å²) in [7, 11) is 0. The Bertz CT molecular complexity index is 681. The van der Waals surface area contributed by atoms with E-state index in [1.165, 1.54) is 6.42 Å². The lowest BCUT2D eigenvalue weighted by atomic mass is 9.84. The van der Waals surface area contributed by atoms with E-state index in [2.05, 4.69) is 17.5 Å². The smallest absolute Gasteiger partial charge is 0.226 e. The Balaban J connectivity index is 1.57. The molecule has 4 rings (SSSR count). The van der Waals surface area contributed by atoms with Gasteiger partial charge in [-0.15, -0.1) is 11.3 Å². The molecule has 1 aliphatic heterocycles. The summed E-state index contributed by atoms with van der Waals surface area (Å²) in [4.78, 5) is 19.5. The first-order valence-corrected chi connectivity index (χ1v) is 9.10. The molecule has 120 valence electrons. The van der Waals surface area contributed by atoms with Crippen molar-refractivity contribution in [3.8, 4) is 10.6 Å². The Labute approximate surface area is 140 Å². The number of carbonyl (C=O) groups is 1. The van der Waals surface area contributed by atoms with Crippen LogP contribution in [0.4, 0.5) is 0 Å². The number of benzene rings is 1. The van der Waals surface area contributed by atoms with Crippen LogP contribution < -0.4 is 0 Å². The molecule has 0 bridgehead atoms. The van der Waals surface area contributed by atoms with Crippen LogP contribution in [0.25, 0.3) is 10.6 Å². The van der Waals surface area contributed by atoms with E-state index in [9.17, 15) is 4.79 Å². The number of amides is 1. The van der Waals surface area contributed by atoms with Crippen molar-refractivity contribution >= 4 is 17.2 Å². The fraction of sp³-hybridized carbons (Fsp3) is 0.444. The van der Waals surface area contributed by atoms with Crippen LogP contribution in [0.2, 0.25) is 0 Å². The molecule has 2 fully saturated rings. The lowest BCUT2D eigenvalue weighted by molar-refractivity contribution is -0.147. The molecule has 2 aliphatic rings. The Morgan fingerprint density at radius 2 is 2.09 bits per heavy atom. The first-order valence-electron chi connectivity index (χ1n) is 8.22. The summed E-state index contributed by atoms with van der Waals surface area (Å²) in [5, 5.41) is 3.07. The molecule has 1 aromatic carbocycles. The zero-order valence-electron chi connectivity index (χ0n) is 13.0. The normalized spacial score (nSPS) is 21.9. The average molecular weight is 328 g/mol. The topological polar surface area (TPSA) is 42.4 Å². The van der Waals surface area contributed by atoms with Crippen LogP contribution in [0.3, 0.4) is 0 Å². The third kappa shape index (κ3) is 2.91. The van der Waals surface area contributed by atoms with Crippen LogP contribution in [0, 0.1) is 5.92 Å². The summed E-state index contributed by atoms with van der Waals surface area (Å²) in [6.45, 7) is 1.86. The molecule has 1 amide bonds. The average Bonchev–Trinajstić information content (AvgIpc) is 3.04. The van der Waals surface area contributed by atoms with Crippen molar-refractivity contribution < 1.29 is 9.53 Å². The van der Waals surface area contributed by atoms with Crippen LogP contribution in [0.15, 0.2) is 35.7 Å². The molecule has 5 heteroatoms. The van der Waals surface area contributed by atoms with Crippen molar-refractivity contribution in [2.24, 2.45) is 5.92 Å². The molecule has 23 heavy (non-hydrogen) atoms. The monoisotopic (exact) mass is 328 g/mol. The predicted molar refractivity (Wildman–Crippen MR) is 90.2 cm³/mol. The highest BCUT2D eigenvalue weighted by Crippen LogP contribution is 2.34. The zero-order chi connectivity index (χ0) is 15.6. The fourth-order valence-corrected chi connectivity index (χ4v) is 4.03. The Kier molecular flexibility index (Phi) is 4.14. The molecule has 0 spiro atoms. The summed E-state index contributed by atoms with van der Waals surface area (Å²) < 4.78 is 5.63. The van der Waals surface area contributed by atoms with Crippen molar-refractivity contribution in [3.05, 3.63) is 41.4 Å². The van der Waals surface area contributed by atoms with Gasteiger partial charge in [-0.2, -0.15) is 0 Å². The lowest BCUT2D eigenvalue weighted by Gasteiger charge is -2.39. The standard InChI is InChI=1S/C18H20N2O2S/c21-18(14-7-4-8-14)20-9-10-22-11-16(20)15-12-23-17(19-15)13-5-2-1-3-6-13/h1-3,5-6,12,14,16H,4,7-11H2. The van der Waals surface area contributed by atoms with E-state index in [-0.39, 0.29) is 12.0 Å². The molecule has 1 aliphatic carbocycles. The van der Waals surface area contributed by atoms with E-state index in [4.69, 9.17) is 9.72 Å². The van der Waals surface area contributed by atoms with Gasteiger partial charge in [-0.1, -0.05) is 36.8 Å². The molecular weight excluding hydrogens is 308 g/mol. The van der Waals surface area contributed by atoms with Crippen molar-refractivity contribution in [1.82, 2.24) is 9.88 Å². The van der Waals surface area contributed by atoms with Gasteiger partial charge in [0, 0.05) is 23.4 Å². The minimum absolute atomic E-state index is 0.0365. The van der Waals surface area contributed by atoms with Gasteiger partial charge < -0.3 is 9.64 Å². The van der Waals surface area contributed by atoms with Gasteiger partial charge in [0.15, 0.2) is 0 Å². The summed E-state index contributed by atoms with van der Waals surface area (Å²) in [6, 6.07) is 10.1. The highest BCUT2D eigenvalue weighted by Gasteiger charge is 2.36. The van der Waals surface area contributed by atoms with Gasteiger partial charge in [-0.25, -0.2) is 4.98 Å². The van der Waals surface area contributed by atoms with Crippen molar-refractivity contribution in [2.75, 3.05) is 19.8 Å². The maximum absolute atomic E-state index is 12.7. The van der Waals surface area contributed by atoms with E-state index in [1.54, 1.807) is 11.3 Å². The third-order valence-electron chi connectivity index (χ3n) is 4.75. The van der Waals surface area contributed by atoms with Gasteiger partial charge in [0.1, 0.15) is 5.01 Å². The zero-order valence-corrected chi connectivity index (χ0v) is 13.8. The summed E-state index contributed by atoms with van der Waals surface area (Å²) in [6.07, 6.45) is 3.25. The number of ether oxygens (including phenoxy) is 1. The van der Waals surface area contributed by atoms with E-state index in [0.29, 0.717) is 25.7 Å². The molecule has 2 heterocycles. The number of aromatic nitrogens is 1. The number of morpholine rings is 1. The Hall–Kier alpha value is -1.72. The Morgan fingerprint density at radius 3 is 2.83 bits per heavy atom. The second-order valence-electron chi connectivity index (χ2n) is 6.19. The highest BCUT2D eigenvalue weighted by molar-refractivity contribution is 7.13. The van der Waals surface area contributed by atoms with Crippen LogP contribution in [-0.4, -0.2) is 35.5 Å². The minimum Gasteiger partial charge on any atom is -0.377 e. The van der Waals surface area contributed by atoms with Crippen LogP contribution in [-0.2, 0) is 9.53 Å². The largest absolute Gasteiger partial charge is 0.377 e. The SMILES string of the molecule is O=C(C1CCC1)N1CCOCC1c1csc(-c2ccccc2)n1. The molecule has 2 aromatic rings. The van der Waals surface area contributed by atoms with Crippen LogP contribution in [0.5, 0.6) is 0 Å². The summed E-state index contributed by atoms with van der Waals surface area (Å²) in [5.41, 5.74) is 2.08. The van der Waals surface area contributed by atoms with Gasteiger partial charge in [0.25, 0.3) is 0 Å². The number of hydrogen-bond donors (Lipinski definition) is 0. The van der Waals surface area contributed by atoms with E-state index in [1.807, 2.05) is 23.1 Å². The van der Waals surface area contributed by atoms with Crippen LogP contribution in [0.1, 0.15) is 31.0 Å². The van der Waals surface area contributed by atoms with Gasteiger partial charge in [0.05, 0.1) is 24.9 Å². The lowest BCUT2D eigenvalue weighted by Crippen LogP contribution is -2.47. The number of rotatable bonds is 3.